The Morgan fingerprint density at radius 1 is 1.40 bits per heavy atom. The molecule has 0 saturated carbocycles. The molecule has 5 heteroatoms. The van der Waals surface area contributed by atoms with Crippen LogP contribution in [0.2, 0.25) is 0 Å². The average Bonchev–Trinajstić information content (AvgIpc) is 2.41. The van der Waals surface area contributed by atoms with Crippen molar-refractivity contribution in [3.05, 3.63) is 0 Å². The molecule has 0 aliphatic carbocycles. The summed E-state index contributed by atoms with van der Waals surface area (Å²) in [5.74, 6) is 0.111. The Hall–Kier alpha value is -1.10. The first kappa shape index (κ1) is 17.0. The minimum absolute atomic E-state index is 0.0263. The van der Waals surface area contributed by atoms with Crippen molar-refractivity contribution in [2.45, 2.75) is 65.1 Å². The van der Waals surface area contributed by atoms with E-state index >= 15 is 0 Å². The molecule has 0 bridgehead atoms. The number of methoxy groups -OCH3 is 1. The lowest BCUT2D eigenvalue weighted by Crippen LogP contribution is -2.64. The van der Waals surface area contributed by atoms with Crippen LogP contribution in [0.5, 0.6) is 0 Å². The molecule has 1 aliphatic rings. The van der Waals surface area contributed by atoms with Crippen LogP contribution in [0.25, 0.3) is 0 Å². The van der Waals surface area contributed by atoms with E-state index in [0.717, 1.165) is 6.42 Å². The van der Waals surface area contributed by atoms with Gasteiger partial charge in [-0.3, -0.25) is 9.59 Å². The van der Waals surface area contributed by atoms with Crippen LogP contribution in [0.1, 0.15) is 47.5 Å². The molecule has 0 aromatic carbocycles. The number of hydrogen-bond acceptors (Lipinski definition) is 3. The Kier molecular flexibility index (Phi) is 5.57. The molecule has 1 rings (SSSR count). The van der Waals surface area contributed by atoms with Crippen LogP contribution in [-0.4, -0.2) is 48.1 Å². The van der Waals surface area contributed by atoms with Crippen molar-refractivity contribution in [2.24, 2.45) is 5.92 Å². The van der Waals surface area contributed by atoms with Crippen LogP contribution in [0, 0.1) is 5.92 Å². The highest BCUT2D eigenvalue weighted by molar-refractivity contribution is 5.96. The third-order valence-electron chi connectivity index (χ3n) is 4.41. The minimum atomic E-state index is -0.407. The van der Waals surface area contributed by atoms with Gasteiger partial charge in [0.05, 0.1) is 5.60 Å². The molecule has 1 N–H and O–H groups in total. The Morgan fingerprint density at radius 3 is 2.50 bits per heavy atom. The van der Waals surface area contributed by atoms with E-state index in [1.54, 1.807) is 18.9 Å². The average molecular weight is 284 g/mol. The first-order valence-electron chi connectivity index (χ1n) is 7.39. The van der Waals surface area contributed by atoms with Gasteiger partial charge in [-0.2, -0.15) is 0 Å². The van der Waals surface area contributed by atoms with Crippen molar-refractivity contribution in [1.29, 1.82) is 0 Å². The predicted octanol–water partition coefficient (Wildman–Crippen LogP) is 1.56. The van der Waals surface area contributed by atoms with Gasteiger partial charge in [-0.25, -0.2) is 0 Å². The normalized spacial score (nSPS) is 25.6. The van der Waals surface area contributed by atoms with Gasteiger partial charge in [-0.05, 0) is 33.1 Å². The number of carbonyl (C=O) groups excluding carboxylic acids is 2. The lowest BCUT2D eigenvalue weighted by atomic mass is 9.94. The van der Waals surface area contributed by atoms with Gasteiger partial charge in [0.25, 0.3) is 0 Å². The summed E-state index contributed by atoms with van der Waals surface area (Å²) >= 11 is 0. The van der Waals surface area contributed by atoms with E-state index in [2.05, 4.69) is 5.32 Å². The lowest BCUT2D eigenvalue weighted by Gasteiger charge is -2.40. The Balaban J connectivity index is 2.80. The summed E-state index contributed by atoms with van der Waals surface area (Å²) in [6, 6.07) is -0.801. The fourth-order valence-electron chi connectivity index (χ4n) is 2.26. The maximum atomic E-state index is 12.6. The zero-order valence-electron chi connectivity index (χ0n) is 13.5. The molecule has 0 aromatic rings. The van der Waals surface area contributed by atoms with Gasteiger partial charge in [0.2, 0.25) is 11.8 Å². The summed E-state index contributed by atoms with van der Waals surface area (Å²) in [5.41, 5.74) is -0.292. The van der Waals surface area contributed by atoms with Gasteiger partial charge >= 0.3 is 0 Å². The summed E-state index contributed by atoms with van der Waals surface area (Å²) in [6.45, 7) is 10.3. The van der Waals surface area contributed by atoms with E-state index in [1.165, 1.54) is 0 Å². The Labute approximate surface area is 122 Å². The summed E-state index contributed by atoms with van der Waals surface area (Å²) in [4.78, 5) is 26.3. The zero-order valence-corrected chi connectivity index (χ0v) is 13.5. The highest BCUT2D eigenvalue weighted by Gasteiger charge is 2.40. The van der Waals surface area contributed by atoms with Crippen LogP contribution >= 0.6 is 0 Å². The minimum Gasteiger partial charge on any atom is -0.379 e. The molecule has 1 aliphatic heterocycles. The third kappa shape index (κ3) is 3.72. The van der Waals surface area contributed by atoms with Gasteiger partial charge in [0.1, 0.15) is 12.1 Å². The predicted molar refractivity (Wildman–Crippen MR) is 78.3 cm³/mol. The number of ether oxygens (including phenoxy) is 1. The topological polar surface area (TPSA) is 58.6 Å². The van der Waals surface area contributed by atoms with E-state index in [0.29, 0.717) is 13.0 Å². The molecule has 116 valence electrons. The van der Waals surface area contributed by atoms with Crippen molar-refractivity contribution in [2.75, 3.05) is 13.7 Å². The Bertz CT molecular complexity index is 368. The van der Waals surface area contributed by atoms with E-state index in [9.17, 15) is 9.59 Å². The van der Waals surface area contributed by atoms with Crippen LogP contribution in [-0.2, 0) is 14.3 Å². The largest absolute Gasteiger partial charge is 0.379 e. The van der Waals surface area contributed by atoms with Crippen molar-refractivity contribution < 1.29 is 14.3 Å². The number of nitrogens with zero attached hydrogens (tertiary/aromatic N) is 1. The fraction of sp³-hybridized carbons (Fsp3) is 0.867. The van der Waals surface area contributed by atoms with E-state index in [1.807, 2.05) is 27.7 Å². The molecule has 1 fully saturated rings. The maximum absolute atomic E-state index is 12.6. The smallest absolute Gasteiger partial charge is 0.246 e. The van der Waals surface area contributed by atoms with Crippen molar-refractivity contribution >= 4 is 11.8 Å². The van der Waals surface area contributed by atoms with E-state index < -0.39 is 12.1 Å². The third-order valence-corrected chi connectivity index (χ3v) is 4.41. The molecule has 5 nitrogen and oxygen atoms in total. The number of hydrogen-bond donors (Lipinski definition) is 1. The number of nitrogens with one attached hydrogen (secondary N) is 1. The number of rotatable bonds is 6. The molecule has 1 saturated heterocycles. The first-order valence-corrected chi connectivity index (χ1v) is 7.39. The summed E-state index contributed by atoms with van der Waals surface area (Å²) in [5, 5.41) is 2.85. The highest BCUT2D eigenvalue weighted by Crippen LogP contribution is 2.20. The summed E-state index contributed by atoms with van der Waals surface area (Å²) in [6.07, 6.45) is 1.57. The molecular weight excluding hydrogens is 256 g/mol. The van der Waals surface area contributed by atoms with Crippen molar-refractivity contribution in [1.82, 2.24) is 10.2 Å². The number of amides is 2. The quantitative estimate of drug-likeness (QED) is 0.805. The van der Waals surface area contributed by atoms with Crippen LogP contribution in [0.3, 0.4) is 0 Å². The highest BCUT2D eigenvalue weighted by atomic mass is 16.5. The van der Waals surface area contributed by atoms with E-state index in [4.69, 9.17) is 4.74 Å². The molecule has 2 amide bonds. The molecular formula is C15H28N2O3. The summed E-state index contributed by atoms with van der Waals surface area (Å²) in [7, 11) is 1.66. The van der Waals surface area contributed by atoms with Crippen molar-refractivity contribution in [3.8, 4) is 0 Å². The van der Waals surface area contributed by atoms with E-state index in [-0.39, 0.29) is 23.3 Å². The van der Waals surface area contributed by atoms with Crippen LogP contribution in [0.15, 0.2) is 0 Å². The van der Waals surface area contributed by atoms with Gasteiger partial charge in [0.15, 0.2) is 0 Å². The Morgan fingerprint density at radius 2 is 2.00 bits per heavy atom. The monoisotopic (exact) mass is 284 g/mol. The summed E-state index contributed by atoms with van der Waals surface area (Å²) < 4.78 is 5.38. The maximum Gasteiger partial charge on any atom is 0.246 e. The molecule has 1 heterocycles. The second-order valence-corrected chi connectivity index (χ2v) is 6.29. The molecule has 0 aromatic heterocycles. The van der Waals surface area contributed by atoms with Crippen LogP contribution in [0.4, 0.5) is 0 Å². The number of piperazine rings is 1. The number of carbonyl (C=O) groups is 2. The van der Waals surface area contributed by atoms with Crippen molar-refractivity contribution in [3.63, 3.8) is 0 Å². The SMILES string of the molecule is CCC(C)C1NC(=O)C(C)N(CCC(C)(C)OC)C1=O. The fourth-order valence-corrected chi connectivity index (χ4v) is 2.26. The van der Waals surface area contributed by atoms with Gasteiger partial charge < -0.3 is 15.0 Å². The van der Waals surface area contributed by atoms with Crippen LogP contribution < -0.4 is 5.32 Å². The van der Waals surface area contributed by atoms with Gasteiger partial charge in [0, 0.05) is 13.7 Å². The van der Waals surface area contributed by atoms with Gasteiger partial charge in [-0.1, -0.05) is 20.3 Å². The zero-order chi connectivity index (χ0) is 15.5. The first-order chi connectivity index (χ1) is 9.23. The molecule has 0 spiro atoms. The second-order valence-electron chi connectivity index (χ2n) is 6.29. The van der Waals surface area contributed by atoms with Gasteiger partial charge in [-0.15, -0.1) is 0 Å². The molecule has 3 atom stereocenters. The molecule has 3 unspecified atom stereocenters. The lowest BCUT2D eigenvalue weighted by molar-refractivity contribution is -0.150. The standard InChI is InChI=1S/C15H28N2O3/c1-7-10(2)12-14(19)17(11(3)13(18)16-12)9-8-15(4,5)20-6/h10-12H,7-9H2,1-6H3,(H,16,18). The second kappa shape index (κ2) is 6.57. The molecule has 0 radical (unpaired) electrons. The molecule has 20 heavy (non-hydrogen) atoms.